The lowest BCUT2D eigenvalue weighted by Gasteiger charge is -2.36. The lowest BCUT2D eigenvalue weighted by molar-refractivity contribution is -0.148. The van der Waals surface area contributed by atoms with Gasteiger partial charge in [0.25, 0.3) is 0 Å². The lowest BCUT2D eigenvalue weighted by atomic mass is 9.72. The first-order valence-corrected chi connectivity index (χ1v) is 13.0. The molecule has 2 fully saturated rings. The van der Waals surface area contributed by atoms with Crippen molar-refractivity contribution in [2.45, 2.75) is 109 Å². The van der Waals surface area contributed by atoms with E-state index in [1.807, 2.05) is 20.8 Å². The van der Waals surface area contributed by atoms with Crippen molar-refractivity contribution in [1.82, 2.24) is 15.5 Å². The predicted molar refractivity (Wildman–Crippen MR) is 134 cm³/mol. The minimum atomic E-state index is -2.92. The molecule has 3 atom stereocenters. The van der Waals surface area contributed by atoms with Gasteiger partial charge >= 0.3 is 6.09 Å². The normalized spacial score (nSPS) is 21.6. The Labute approximate surface area is 219 Å². The van der Waals surface area contributed by atoms with Crippen molar-refractivity contribution in [2.75, 3.05) is 27.9 Å². The molecule has 1 saturated carbocycles. The van der Waals surface area contributed by atoms with Gasteiger partial charge in [0.05, 0.1) is 13.2 Å². The van der Waals surface area contributed by atoms with E-state index in [4.69, 9.17) is 14.2 Å². The molecule has 2 N–H and O–H groups in total. The van der Waals surface area contributed by atoms with Crippen LogP contribution in [0.4, 0.5) is 13.6 Å². The summed E-state index contributed by atoms with van der Waals surface area (Å²) in [6.45, 7) is 6.71. The number of hydrogen-bond donors (Lipinski definition) is 2. The molecule has 1 aliphatic heterocycles. The number of carbonyl (C=O) groups is 3. The molecule has 0 radical (unpaired) electrons. The second kappa shape index (κ2) is 12.7. The van der Waals surface area contributed by atoms with Gasteiger partial charge in [-0.1, -0.05) is 40.0 Å². The number of nitrogens with zero attached hydrogens (tertiary/aromatic N) is 1. The highest BCUT2D eigenvalue weighted by Crippen LogP contribution is 2.47. The number of alkyl halides is 2. The quantitative estimate of drug-likeness (QED) is 0.413. The van der Waals surface area contributed by atoms with Gasteiger partial charge in [0.1, 0.15) is 12.1 Å². The van der Waals surface area contributed by atoms with Crippen molar-refractivity contribution in [1.29, 1.82) is 0 Å². The van der Waals surface area contributed by atoms with Gasteiger partial charge in [0.15, 0.2) is 6.29 Å². The maximum absolute atomic E-state index is 13.9. The first kappa shape index (κ1) is 31.2. The zero-order valence-electron chi connectivity index (χ0n) is 23.3. The molecule has 0 aromatic rings. The van der Waals surface area contributed by atoms with Gasteiger partial charge in [-0.15, -0.1) is 0 Å². The molecule has 1 heterocycles. The molecule has 2 rings (SSSR count). The molecular weight excluding hydrogens is 488 g/mol. The Kier molecular flexibility index (Phi) is 10.7. The molecule has 0 aromatic carbocycles. The number of carbonyl (C=O) groups excluding carboxylic acids is 3. The van der Waals surface area contributed by atoms with Crippen LogP contribution in [0.3, 0.4) is 0 Å². The van der Waals surface area contributed by atoms with E-state index >= 15 is 0 Å². The smallest absolute Gasteiger partial charge is 0.407 e. The van der Waals surface area contributed by atoms with Crippen LogP contribution in [0, 0.1) is 10.8 Å². The number of amides is 3. The van der Waals surface area contributed by atoms with Crippen LogP contribution in [0.5, 0.6) is 0 Å². The zero-order valence-corrected chi connectivity index (χ0v) is 23.3. The summed E-state index contributed by atoms with van der Waals surface area (Å²) in [5, 5.41) is 5.48. The third kappa shape index (κ3) is 8.49. The maximum Gasteiger partial charge on any atom is 0.407 e. The Morgan fingerprint density at radius 1 is 1.00 bits per heavy atom. The molecule has 0 bridgehead atoms. The van der Waals surface area contributed by atoms with E-state index in [2.05, 4.69) is 10.6 Å². The van der Waals surface area contributed by atoms with Crippen LogP contribution in [0.1, 0.15) is 79.1 Å². The summed E-state index contributed by atoms with van der Waals surface area (Å²) in [6.07, 6.45) is 3.22. The van der Waals surface area contributed by atoms with Crippen molar-refractivity contribution < 1.29 is 37.4 Å². The predicted octanol–water partition coefficient (Wildman–Crippen LogP) is 3.85. The number of methoxy groups -OCH3 is 3. The fraction of sp³-hybridized carbons (Fsp3) is 0.885. The number of ether oxygens (including phenoxy) is 3. The molecule has 214 valence electrons. The Morgan fingerprint density at radius 3 is 2.08 bits per heavy atom. The van der Waals surface area contributed by atoms with Crippen LogP contribution >= 0.6 is 0 Å². The zero-order chi connectivity index (χ0) is 28.0. The van der Waals surface area contributed by atoms with Gasteiger partial charge in [-0.05, 0) is 43.4 Å². The molecular formula is C26H45F2N3O6. The lowest BCUT2D eigenvalue weighted by Crippen LogP contribution is -2.59. The van der Waals surface area contributed by atoms with Gasteiger partial charge in [-0.2, -0.15) is 0 Å². The minimum Gasteiger partial charge on any atom is -0.453 e. The summed E-state index contributed by atoms with van der Waals surface area (Å²) in [5.74, 6) is -3.73. The van der Waals surface area contributed by atoms with Crippen molar-refractivity contribution in [3.05, 3.63) is 0 Å². The van der Waals surface area contributed by atoms with Gasteiger partial charge in [0.2, 0.25) is 17.7 Å². The monoisotopic (exact) mass is 533 g/mol. The molecule has 1 spiro atoms. The summed E-state index contributed by atoms with van der Waals surface area (Å²) in [7, 11) is 3.99. The van der Waals surface area contributed by atoms with Crippen molar-refractivity contribution in [2.24, 2.45) is 10.8 Å². The molecule has 1 aliphatic carbocycles. The highest BCUT2D eigenvalue weighted by Gasteiger charge is 2.51. The Balaban J connectivity index is 2.36. The van der Waals surface area contributed by atoms with E-state index in [1.54, 1.807) is 4.90 Å². The van der Waals surface area contributed by atoms with Crippen LogP contribution in [0.15, 0.2) is 0 Å². The highest BCUT2D eigenvalue weighted by molar-refractivity contribution is 5.92. The summed E-state index contributed by atoms with van der Waals surface area (Å²) < 4.78 is 42.6. The fourth-order valence-corrected chi connectivity index (χ4v) is 5.57. The molecule has 0 unspecified atom stereocenters. The van der Waals surface area contributed by atoms with Crippen molar-refractivity contribution in [3.63, 3.8) is 0 Å². The second-order valence-corrected chi connectivity index (χ2v) is 11.7. The number of rotatable bonds is 10. The van der Waals surface area contributed by atoms with Gasteiger partial charge in [-0.25, -0.2) is 13.6 Å². The Bertz CT molecular complexity index is 788. The number of likely N-dealkylation sites (tertiary alicyclic amines) is 1. The standard InChI is InChI=1S/C26H45F2N3O6/c1-24(2,3)19(30-23(34)37-7)21(33)31-16-26(12-9-8-10-13-26)15-18(31)20(32)29-17(22(35-5)36-6)11-14-25(4,27)28/h17-19,22H,8-16H2,1-7H3,(H,29,32)(H,30,34)/t17-,18-,19+/m0/s1. The topological polar surface area (TPSA) is 106 Å². The largest absolute Gasteiger partial charge is 0.453 e. The molecule has 11 heteroatoms. The minimum absolute atomic E-state index is 0.0676. The second-order valence-electron chi connectivity index (χ2n) is 11.7. The maximum atomic E-state index is 13.9. The molecule has 37 heavy (non-hydrogen) atoms. The number of halogens is 2. The van der Waals surface area contributed by atoms with E-state index in [0.717, 1.165) is 39.0 Å². The van der Waals surface area contributed by atoms with E-state index in [0.29, 0.717) is 13.0 Å². The number of hydrogen-bond acceptors (Lipinski definition) is 6. The summed E-state index contributed by atoms with van der Waals surface area (Å²) in [4.78, 5) is 41.2. The molecule has 9 nitrogen and oxygen atoms in total. The van der Waals surface area contributed by atoms with E-state index < -0.39 is 54.2 Å². The molecule has 0 aromatic heterocycles. The summed E-state index contributed by atoms with van der Waals surface area (Å²) >= 11 is 0. The van der Waals surface area contributed by atoms with Crippen LogP contribution in [-0.2, 0) is 23.8 Å². The van der Waals surface area contributed by atoms with Crippen molar-refractivity contribution in [3.8, 4) is 0 Å². The first-order chi connectivity index (χ1) is 17.2. The Morgan fingerprint density at radius 2 is 1.59 bits per heavy atom. The number of alkyl carbamates (subject to hydrolysis) is 1. The SMILES string of the molecule is COC(=O)N[C@H](C(=O)N1CC2(CCCCC2)C[C@H]1C(=O)N[C@@H](CCC(C)(F)F)C(OC)OC)C(C)(C)C. The van der Waals surface area contributed by atoms with Crippen LogP contribution < -0.4 is 10.6 Å². The van der Waals surface area contributed by atoms with Crippen LogP contribution in [0.25, 0.3) is 0 Å². The van der Waals surface area contributed by atoms with E-state index in [-0.39, 0.29) is 17.7 Å². The van der Waals surface area contributed by atoms with Gasteiger partial charge < -0.3 is 29.7 Å². The first-order valence-electron chi connectivity index (χ1n) is 13.0. The van der Waals surface area contributed by atoms with Crippen molar-refractivity contribution >= 4 is 17.9 Å². The third-order valence-electron chi connectivity index (χ3n) is 7.58. The third-order valence-corrected chi connectivity index (χ3v) is 7.58. The summed E-state index contributed by atoms with van der Waals surface area (Å²) in [6, 6.07) is -2.57. The van der Waals surface area contributed by atoms with Gasteiger partial charge in [-0.3, -0.25) is 9.59 Å². The van der Waals surface area contributed by atoms with Crippen LogP contribution in [-0.4, -0.2) is 81.0 Å². The Hall–Kier alpha value is -2.01. The van der Waals surface area contributed by atoms with Crippen LogP contribution in [0.2, 0.25) is 0 Å². The van der Waals surface area contributed by atoms with E-state index in [1.165, 1.54) is 21.3 Å². The van der Waals surface area contributed by atoms with Gasteiger partial charge in [0, 0.05) is 27.2 Å². The molecule has 3 amide bonds. The average molecular weight is 534 g/mol. The average Bonchev–Trinajstić information content (AvgIpc) is 3.18. The summed E-state index contributed by atoms with van der Waals surface area (Å²) in [5.41, 5.74) is -0.849. The van der Waals surface area contributed by atoms with E-state index in [9.17, 15) is 23.2 Å². The highest BCUT2D eigenvalue weighted by atomic mass is 19.3. The fourth-order valence-electron chi connectivity index (χ4n) is 5.57. The molecule has 1 saturated heterocycles. The molecule has 2 aliphatic rings. The number of nitrogens with one attached hydrogen (secondary N) is 2.